The summed E-state index contributed by atoms with van der Waals surface area (Å²) in [5.74, 6) is 0.699. The Labute approximate surface area is 110 Å². The number of carbonyl (C=O) groups excluding carboxylic acids is 1. The fourth-order valence-corrected chi connectivity index (χ4v) is 1.90. The summed E-state index contributed by atoms with van der Waals surface area (Å²) in [7, 11) is 0. The van der Waals surface area contributed by atoms with Crippen LogP contribution in [-0.2, 0) is 4.79 Å². The van der Waals surface area contributed by atoms with E-state index in [4.69, 9.17) is 5.73 Å². The highest BCUT2D eigenvalue weighted by atomic mass is 16.2. The van der Waals surface area contributed by atoms with Gasteiger partial charge in [-0.25, -0.2) is 0 Å². The van der Waals surface area contributed by atoms with Crippen molar-refractivity contribution in [2.45, 2.75) is 39.2 Å². The van der Waals surface area contributed by atoms with Gasteiger partial charge in [-0.3, -0.25) is 4.79 Å². The molecule has 1 unspecified atom stereocenters. The van der Waals surface area contributed by atoms with Gasteiger partial charge < -0.3 is 11.1 Å². The highest BCUT2D eigenvalue weighted by molar-refractivity contribution is 5.81. The summed E-state index contributed by atoms with van der Waals surface area (Å²) < 4.78 is 0. The second-order valence-corrected chi connectivity index (χ2v) is 5.29. The van der Waals surface area contributed by atoms with E-state index in [1.54, 1.807) is 0 Å². The Morgan fingerprint density at radius 1 is 1.22 bits per heavy atom. The number of nitrogens with one attached hydrogen (secondary N) is 1. The van der Waals surface area contributed by atoms with E-state index in [1.165, 1.54) is 5.56 Å². The highest BCUT2D eigenvalue weighted by Crippen LogP contribution is 2.13. The quantitative estimate of drug-likeness (QED) is 0.811. The maximum atomic E-state index is 11.8. The van der Waals surface area contributed by atoms with Crippen molar-refractivity contribution >= 4 is 5.91 Å². The lowest BCUT2D eigenvalue weighted by Gasteiger charge is -2.17. The van der Waals surface area contributed by atoms with Crippen LogP contribution in [0.4, 0.5) is 0 Å². The monoisotopic (exact) mass is 248 g/mol. The first-order valence-electron chi connectivity index (χ1n) is 6.59. The van der Waals surface area contributed by atoms with Gasteiger partial charge in [0, 0.05) is 6.54 Å². The van der Waals surface area contributed by atoms with E-state index in [0.29, 0.717) is 18.4 Å². The average molecular weight is 248 g/mol. The summed E-state index contributed by atoms with van der Waals surface area (Å²) in [6.45, 7) is 6.87. The summed E-state index contributed by atoms with van der Waals surface area (Å²) in [6, 6.07) is 9.77. The van der Waals surface area contributed by atoms with Crippen molar-refractivity contribution in [1.82, 2.24) is 5.32 Å². The highest BCUT2D eigenvalue weighted by Gasteiger charge is 2.15. The number of hydrogen-bond donors (Lipinski definition) is 2. The Hall–Kier alpha value is -1.35. The molecule has 1 aromatic carbocycles. The summed E-state index contributed by atoms with van der Waals surface area (Å²) in [6.07, 6.45) is 0.728. The van der Waals surface area contributed by atoms with E-state index in [1.807, 2.05) is 18.2 Å². The maximum Gasteiger partial charge on any atom is 0.236 e. The molecule has 0 saturated carbocycles. The van der Waals surface area contributed by atoms with E-state index in [-0.39, 0.29) is 5.91 Å². The lowest BCUT2D eigenvalue weighted by atomic mass is 10.0. The number of benzene rings is 1. The van der Waals surface area contributed by atoms with E-state index < -0.39 is 6.04 Å². The standard InChI is InChI=1S/C15H24N2O/c1-11(2)9-14(16)15(18)17-10-12(3)13-7-5-4-6-8-13/h4-8,11-12,14H,9-10,16H2,1-3H3,(H,17,18)/t12?,14-/m0/s1. The second-order valence-electron chi connectivity index (χ2n) is 5.29. The normalized spacial score (nSPS) is 14.3. The van der Waals surface area contributed by atoms with Crippen molar-refractivity contribution in [3.05, 3.63) is 35.9 Å². The van der Waals surface area contributed by atoms with Crippen LogP contribution >= 0.6 is 0 Å². The van der Waals surface area contributed by atoms with Gasteiger partial charge in [0.1, 0.15) is 0 Å². The SMILES string of the molecule is CC(C)C[C@H](N)C(=O)NCC(C)c1ccccc1. The van der Waals surface area contributed by atoms with Crippen LogP contribution in [0.3, 0.4) is 0 Å². The number of hydrogen-bond acceptors (Lipinski definition) is 2. The predicted molar refractivity (Wildman–Crippen MR) is 75.3 cm³/mol. The van der Waals surface area contributed by atoms with Gasteiger partial charge in [-0.2, -0.15) is 0 Å². The van der Waals surface area contributed by atoms with Gasteiger partial charge in [0.2, 0.25) is 5.91 Å². The Morgan fingerprint density at radius 2 is 1.83 bits per heavy atom. The van der Waals surface area contributed by atoms with Crippen LogP contribution in [0.5, 0.6) is 0 Å². The first-order valence-corrected chi connectivity index (χ1v) is 6.59. The van der Waals surface area contributed by atoms with Crippen molar-refractivity contribution in [2.75, 3.05) is 6.54 Å². The van der Waals surface area contributed by atoms with Crippen molar-refractivity contribution in [1.29, 1.82) is 0 Å². The fraction of sp³-hybridized carbons (Fsp3) is 0.533. The minimum Gasteiger partial charge on any atom is -0.354 e. The Kier molecular flexibility index (Phi) is 5.86. The van der Waals surface area contributed by atoms with Gasteiger partial charge in [-0.15, -0.1) is 0 Å². The molecule has 2 atom stereocenters. The van der Waals surface area contributed by atoms with Crippen LogP contribution in [0, 0.1) is 5.92 Å². The lowest BCUT2D eigenvalue weighted by molar-refractivity contribution is -0.122. The molecular weight excluding hydrogens is 224 g/mol. The van der Waals surface area contributed by atoms with Crippen LogP contribution < -0.4 is 11.1 Å². The molecule has 3 nitrogen and oxygen atoms in total. The van der Waals surface area contributed by atoms with Gasteiger partial charge in [0.25, 0.3) is 0 Å². The molecule has 100 valence electrons. The molecule has 0 fully saturated rings. The molecule has 0 radical (unpaired) electrons. The molecule has 1 amide bonds. The maximum absolute atomic E-state index is 11.8. The third-order valence-corrected chi connectivity index (χ3v) is 3.01. The van der Waals surface area contributed by atoms with E-state index in [0.717, 1.165) is 6.42 Å². The van der Waals surface area contributed by atoms with Gasteiger partial charge in [-0.05, 0) is 23.8 Å². The second kappa shape index (κ2) is 7.17. The van der Waals surface area contributed by atoms with E-state index in [9.17, 15) is 4.79 Å². The molecule has 3 heteroatoms. The molecule has 0 saturated heterocycles. The molecule has 1 rings (SSSR count). The molecule has 1 aromatic rings. The Balaban J connectivity index is 2.39. The van der Waals surface area contributed by atoms with Crippen LogP contribution in [0.1, 0.15) is 38.7 Å². The Bertz CT molecular complexity index is 362. The molecule has 18 heavy (non-hydrogen) atoms. The molecule has 0 aliphatic rings. The first kappa shape index (κ1) is 14.7. The summed E-state index contributed by atoms with van der Waals surface area (Å²) >= 11 is 0. The van der Waals surface area contributed by atoms with Crippen molar-refractivity contribution in [2.24, 2.45) is 11.7 Å². The van der Waals surface area contributed by atoms with Crippen LogP contribution in [0.15, 0.2) is 30.3 Å². The van der Waals surface area contributed by atoms with Gasteiger partial charge in [0.05, 0.1) is 6.04 Å². The number of carbonyl (C=O) groups is 1. The minimum atomic E-state index is -0.395. The fourth-order valence-electron chi connectivity index (χ4n) is 1.90. The van der Waals surface area contributed by atoms with E-state index in [2.05, 4.69) is 38.2 Å². The first-order chi connectivity index (χ1) is 8.50. The number of rotatable bonds is 6. The predicted octanol–water partition coefficient (Wildman–Crippen LogP) is 2.28. The molecule has 3 N–H and O–H groups in total. The van der Waals surface area contributed by atoms with Crippen molar-refractivity contribution < 1.29 is 4.79 Å². The van der Waals surface area contributed by atoms with Crippen LogP contribution in [0.2, 0.25) is 0 Å². The zero-order chi connectivity index (χ0) is 13.5. The number of nitrogens with two attached hydrogens (primary N) is 1. The Morgan fingerprint density at radius 3 is 2.39 bits per heavy atom. The zero-order valence-corrected chi connectivity index (χ0v) is 11.5. The summed E-state index contributed by atoms with van der Waals surface area (Å²) in [5, 5.41) is 2.92. The van der Waals surface area contributed by atoms with Crippen molar-refractivity contribution in [3.8, 4) is 0 Å². The third-order valence-electron chi connectivity index (χ3n) is 3.01. The molecular formula is C15H24N2O. The average Bonchev–Trinajstić information content (AvgIpc) is 2.35. The van der Waals surface area contributed by atoms with Gasteiger partial charge in [0.15, 0.2) is 0 Å². The van der Waals surface area contributed by atoms with Crippen molar-refractivity contribution in [3.63, 3.8) is 0 Å². The minimum absolute atomic E-state index is 0.0496. The molecule has 0 aliphatic heterocycles. The molecule has 0 heterocycles. The third kappa shape index (κ3) is 4.88. The van der Waals surface area contributed by atoms with E-state index >= 15 is 0 Å². The van der Waals surface area contributed by atoms with Gasteiger partial charge in [-0.1, -0.05) is 51.1 Å². The number of amides is 1. The summed E-state index contributed by atoms with van der Waals surface area (Å²) in [4.78, 5) is 11.8. The molecule has 0 bridgehead atoms. The lowest BCUT2D eigenvalue weighted by Crippen LogP contribution is -2.42. The topological polar surface area (TPSA) is 55.1 Å². The molecule has 0 aliphatic carbocycles. The zero-order valence-electron chi connectivity index (χ0n) is 11.5. The summed E-state index contributed by atoms with van der Waals surface area (Å²) in [5.41, 5.74) is 7.06. The largest absolute Gasteiger partial charge is 0.354 e. The van der Waals surface area contributed by atoms with Crippen LogP contribution in [0.25, 0.3) is 0 Å². The van der Waals surface area contributed by atoms with Gasteiger partial charge >= 0.3 is 0 Å². The molecule has 0 spiro atoms. The van der Waals surface area contributed by atoms with Crippen LogP contribution in [-0.4, -0.2) is 18.5 Å². The smallest absolute Gasteiger partial charge is 0.236 e. The molecule has 0 aromatic heterocycles.